The number of hydrogen-bond acceptors (Lipinski definition) is 5. The van der Waals surface area contributed by atoms with Crippen molar-refractivity contribution in [2.45, 2.75) is 31.7 Å². The molecule has 2 aromatic carbocycles. The number of amides is 1. The molecule has 1 fully saturated rings. The molecule has 3 rings (SSSR count). The molecule has 1 heterocycles. The highest BCUT2D eigenvalue weighted by Crippen LogP contribution is 2.32. The summed E-state index contributed by atoms with van der Waals surface area (Å²) < 4.78 is 24.6. The minimum Gasteiger partial charge on any atom is -0.496 e. The number of halogens is 2. The maximum atomic E-state index is 13.0. The molecular formula is C23H27FIN5O3. The van der Waals surface area contributed by atoms with Crippen LogP contribution in [0, 0.1) is 9.39 Å². The van der Waals surface area contributed by atoms with Crippen LogP contribution in [0.15, 0.2) is 41.5 Å². The first-order chi connectivity index (χ1) is 15.8. The Labute approximate surface area is 206 Å². The molecule has 0 atom stereocenters. The summed E-state index contributed by atoms with van der Waals surface area (Å²) in [6.45, 7) is 5.28. The van der Waals surface area contributed by atoms with Crippen molar-refractivity contribution in [1.29, 1.82) is 0 Å². The zero-order chi connectivity index (χ0) is 23.8. The van der Waals surface area contributed by atoms with Crippen molar-refractivity contribution in [3.63, 3.8) is 0 Å². The highest BCUT2D eigenvalue weighted by atomic mass is 127. The predicted molar refractivity (Wildman–Crippen MR) is 133 cm³/mol. The average molecular weight is 567 g/mol. The number of carbonyl (C=O) groups is 1. The molecule has 8 nitrogen and oxygen atoms in total. The smallest absolute Gasteiger partial charge is 0.255 e. The van der Waals surface area contributed by atoms with Crippen LogP contribution in [-0.2, 0) is 0 Å². The lowest BCUT2D eigenvalue weighted by molar-refractivity contribution is 0.0827. The molecule has 1 aliphatic rings. The van der Waals surface area contributed by atoms with E-state index in [1.54, 1.807) is 24.3 Å². The van der Waals surface area contributed by atoms with Crippen LogP contribution in [0.5, 0.6) is 11.5 Å². The van der Waals surface area contributed by atoms with E-state index in [2.05, 4.69) is 27.2 Å². The van der Waals surface area contributed by atoms with Crippen molar-refractivity contribution in [1.82, 2.24) is 10.2 Å². The van der Waals surface area contributed by atoms with Crippen molar-refractivity contribution in [2.75, 3.05) is 33.4 Å². The number of rotatable bonds is 9. The minimum absolute atomic E-state index is 0.207. The Morgan fingerprint density at radius 2 is 2.00 bits per heavy atom. The van der Waals surface area contributed by atoms with Crippen molar-refractivity contribution < 1.29 is 18.7 Å². The van der Waals surface area contributed by atoms with Crippen molar-refractivity contribution in [2.24, 2.45) is 5.11 Å². The van der Waals surface area contributed by atoms with Gasteiger partial charge < -0.3 is 19.7 Å². The van der Waals surface area contributed by atoms with E-state index >= 15 is 0 Å². The summed E-state index contributed by atoms with van der Waals surface area (Å²) in [7, 11) is 1.48. The fraction of sp³-hybridized carbons (Fsp3) is 0.435. The molecule has 0 spiro atoms. The minimum atomic E-state index is -0.321. The van der Waals surface area contributed by atoms with Crippen LogP contribution in [0.3, 0.4) is 0 Å². The molecule has 1 N–H and O–H groups in total. The fourth-order valence-corrected chi connectivity index (χ4v) is 4.33. The quantitative estimate of drug-likeness (QED) is 0.144. The standard InChI is InChI=1S/C23H27FIN5O3/c1-23(27-22(31)18-14-19(25)20(28-29-26)15-21(18)32-2)8-11-30(12-9-23)10-3-13-33-17-6-4-16(24)5-7-17/h4-7,14-15H,3,8-13H2,1-2H3,(H,27,31). The third-order valence-corrected chi connectivity index (χ3v) is 6.61. The van der Waals surface area contributed by atoms with E-state index in [0.29, 0.717) is 32.9 Å². The molecule has 1 amide bonds. The van der Waals surface area contributed by atoms with Gasteiger partial charge >= 0.3 is 0 Å². The number of azide groups is 1. The van der Waals surface area contributed by atoms with Gasteiger partial charge in [0.05, 0.1) is 25.0 Å². The Morgan fingerprint density at radius 3 is 2.64 bits per heavy atom. The van der Waals surface area contributed by atoms with E-state index in [4.69, 9.17) is 15.0 Å². The summed E-state index contributed by atoms with van der Waals surface area (Å²) in [6, 6.07) is 9.30. The van der Waals surface area contributed by atoms with Gasteiger partial charge in [0.1, 0.15) is 17.3 Å². The first-order valence-electron chi connectivity index (χ1n) is 10.7. The normalized spacial score (nSPS) is 15.4. The van der Waals surface area contributed by atoms with Crippen LogP contribution in [0.1, 0.15) is 36.5 Å². The Balaban J connectivity index is 1.49. The number of nitrogens with one attached hydrogen (secondary N) is 1. The van der Waals surface area contributed by atoms with Gasteiger partial charge in [-0.15, -0.1) is 0 Å². The first-order valence-corrected chi connectivity index (χ1v) is 11.8. The number of benzene rings is 2. The molecular weight excluding hydrogens is 540 g/mol. The summed E-state index contributed by atoms with van der Waals surface area (Å²) in [5, 5.41) is 6.81. The van der Waals surface area contributed by atoms with Crippen molar-refractivity contribution in [3.05, 3.63) is 61.8 Å². The van der Waals surface area contributed by atoms with E-state index in [9.17, 15) is 9.18 Å². The second-order valence-electron chi connectivity index (χ2n) is 8.21. The van der Waals surface area contributed by atoms with Crippen LogP contribution in [0.25, 0.3) is 10.4 Å². The van der Waals surface area contributed by atoms with Gasteiger partial charge in [-0.1, -0.05) is 5.11 Å². The van der Waals surface area contributed by atoms with Crippen LogP contribution in [-0.4, -0.2) is 49.7 Å². The molecule has 1 saturated heterocycles. The Bertz CT molecular complexity index is 1020. The van der Waals surface area contributed by atoms with Gasteiger partial charge in [0.15, 0.2) is 0 Å². The monoisotopic (exact) mass is 567 g/mol. The lowest BCUT2D eigenvalue weighted by atomic mass is 9.89. The summed E-state index contributed by atoms with van der Waals surface area (Å²) >= 11 is 2.04. The molecule has 0 aliphatic carbocycles. The number of ether oxygens (including phenoxy) is 2. The summed E-state index contributed by atoms with van der Waals surface area (Å²) in [6.07, 6.45) is 2.52. The number of piperidine rings is 1. The highest BCUT2D eigenvalue weighted by Gasteiger charge is 2.32. The zero-order valence-electron chi connectivity index (χ0n) is 18.7. The number of carbonyl (C=O) groups excluding carboxylic acids is 1. The second-order valence-corrected chi connectivity index (χ2v) is 9.37. The molecule has 176 valence electrons. The Kier molecular flexibility index (Phi) is 8.76. The largest absolute Gasteiger partial charge is 0.496 e. The molecule has 2 aromatic rings. The zero-order valence-corrected chi connectivity index (χ0v) is 20.8. The van der Waals surface area contributed by atoms with Gasteiger partial charge in [0.25, 0.3) is 5.91 Å². The SMILES string of the molecule is COc1cc(N=[N+]=[N-])c(I)cc1C(=O)NC1(C)CCN(CCCOc2ccc(F)cc2)CC1. The maximum Gasteiger partial charge on any atom is 0.255 e. The molecule has 0 bridgehead atoms. The molecule has 0 radical (unpaired) electrons. The molecule has 0 unspecified atom stereocenters. The summed E-state index contributed by atoms with van der Waals surface area (Å²) in [5.74, 6) is 0.561. The van der Waals surface area contributed by atoms with Crippen LogP contribution in [0.4, 0.5) is 10.1 Å². The highest BCUT2D eigenvalue weighted by molar-refractivity contribution is 14.1. The van der Waals surface area contributed by atoms with Gasteiger partial charge in [-0.3, -0.25) is 4.79 Å². The molecule has 33 heavy (non-hydrogen) atoms. The second kappa shape index (κ2) is 11.5. The molecule has 0 saturated carbocycles. The number of methoxy groups -OCH3 is 1. The fourth-order valence-electron chi connectivity index (χ4n) is 3.76. The lowest BCUT2D eigenvalue weighted by Crippen LogP contribution is -2.53. The average Bonchev–Trinajstić information content (AvgIpc) is 2.80. The predicted octanol–water partition coefficient (Wildman–Crippen LogP) is 5.43. The number of hydrogen-bond donors (Lipinski definition) is 1. The summed E-state index contributed by atoms with van der Waals surface area (Å²) in [4.78, 5) is 18.2. The van der Waals surface area contributed by atoms with E-state index in [-0.39, 0.29) is 17.3 Å². The van der Waals surface area contributed by atoms with Gasteiger partial charge in [-0.05, 0) is 90.7 Å². The van der Waals surface area contributed by atoms with E-state index in [1.807, 2.05) is 22.6 Å². The van der Waals surface area contributed by atoms with Gasteiger partial charge in [0, 0.05) is 33.7 Å². The Hall–Kier alpha value is -2.56. The van der Waals surface area contributed by atoms with E-state index < -0.39 is 0 Å². The van der Waals surface area contributed by atoms with Crippen LogP contribution < -0.4 is 14.8 Å². The van der Waals surface area contributed by atoms with E-state index in [1.165, 1.54) is 19.2 Å². The molecule has 1 aliphatic heterocycles. The molecule has 10 heteroatoms. The van der Waals surface area contributed by atoms with Crippen LogP contribution in [0.2, 0.25) is 0 Å². The lowest BCUT2D eigenvalue weighted by Gasteiger charge is -2.40. The first kappa shape index (κ1) is 25.1. The van der Waals surface area contributed by atoms with E-state index in [0.717, 1.165) is 38.9 Å². The third-order valence-electron chi connectivity index (χ3n) is 5.74. The third kappa shape index (κ3) is 6.96. The van der Waals surface area contributed by atoms with Gasteiger partial charge in [-0.2, -0.15) is 0 Å². The number of nitrogens with zero attached hydrogens (tertiary/aromatic N) is 4. The van der Waals surface area contributed by atoms with Gasteiger partial charge in [0.2, 0.25) is 0 Å². The van der Waals surface area contributed by atoms with Crippen molar-refractivity contribution in [3.8, 4) is 11.5 Å². The molecule has 0 aromatic heterocycles. The number of likely N-dealkylation sites (tertiary alicyclic amines) is 1. The maximum absolute atomic E-state index is 13.0. The van der Waals surface area contributed by atoms with Gasteiger partial charge in [-0.25, -0.2) is 4.39 Å². The van der Waals surface area contributed by atoms with Crippen molar-refractivity contribution >= 4 is 34.2 Å². The van der Waals surface area contributed by atoms with Crippen LogP contribution >= 0.6 is 22.6 Å². The topological polar surface area (TPSA) is 99.6 Å². The Morgan fingerprint density at radius 1 is 1.30 bits per heavy atom. The summed E-state index contributed by atoms with van der Waals surface area (Å²) in [5.41, 5.74) is 9.22.